The topological polar surface area (TPSA) is 85.9 Å². The zero-order chi connectivity index (χ0) is 14.5. The highest BCUT2D eigenvalue weighted by atomic mass is 16.3. The highest BCUT2D eigenvalue weighted by Gasteiger charge is 2.09. The zero-order valence-electron chi connectivity index (χ0n) is 11.6. The number of hydrogen-bond acceptors (Lipinski definition) is 3. The Hall–Kier alpha value is -1.88. The van der Waals surface area contributed by atoms with Gasteiger partial charge in [0.05, 0.1) is 17.1 Å². The first-order chi connectivity index (χ1) is 9.61. The van der Waals surface area contributed by atoms with Gasteiger partial charge in [0.1, 0.15) is 0 Å². The number of aromatic amines is 2. The van der Waals surface area contributed by atoms with Gasteiger partial charge in [-0.1, -0.05) is 38.7 Å². The highest BCUT2D eigenvalue weighted by Crippen LogP contribution is 2.22. The van der Waals surface area contributed by atoms with Gasteiger partial charge in [0, 0.05) is 0 Å². The van der Waals surface area contributed by atoms with E-state index in [0.29, 0.717) is 17.5 Å². The summed E-state index contributed by atoms with van der Waals surface area (Å²) in [6.07, 6.45) is 4.62. The van der Waals surface area contributed by atoms with E-state index in [2.05, 4.69) is 16.9 Å². The van der Waals surface area contributed by atoms with Gasteiger partial charge >= 0.3 is 11.1 Å². The molecule has 2 rings (SSSR count). The predicted octanol–water partition coefficient (Wildman–Crippen LogP) is 2.22. The average molecular weight is 276 g/mol. The molecule has 5 nitrogen and oxygen atoms in total. The minimum Gasteiger partial charge on any atom is -0.388 e. The second-order valence-electron chi connectivity index (χ2n) is 5.08. The van der Waals surface area contributed by atoms with Crippen LogP contribution in [0.5, 0.6) is 0 Å². The summed E-state index contributed by atoms with van der Waals surface area (Å²) in [4.78, 5) is 27.5. The number of hydrogen-bond donors (Lipinski definition) is 3. The van der Waals surface area contributed by atoms with Crippen LogP contribution in [0.1, 0.15) is 50.7 Å². The number of aliphatic hydroxyl groups excluding tert-OH is 1. The van der Waals surface area contributed by atoms with Crippen LogP contribution >= 0.6 is 0 Å². The van der Waals surface area contributed by atoms with Crippen LogP contribution in [0.25, 0.3) is 11.0 Å². The molecule has 0 saturated carbocycles. The lowest BCUT2D eigenvalue weighted by Gasteiger charge is -2.11. The molecule has 1 unspecified atom stereocenters. The lowest BCUT2D eigenvalue weighted by atomic mass is 10.0. The second kappa shape index (κ2) is 6.52. The quantitative estimate of drug-likeness (QED) is 0.558. The van der Waals surface area contributed by atoms with Gasteiger partial charge in [-0.25, -0.2) is 0 Å². The van der Waals surface area contributed by atoms with Crippen LogP contribution < -0.4 is 11.1 Å². The standard InChI is InChI=1S/C15H20N2O3/c1-2-3-4-5-6-13(18)10-7-8-11-12(9-10)17-15(20)14(19)16-11/h7-9,13,18H,2-6H2,1H3,(H,16,19)(H,17,20). The summed E-state index contributed by atoms with van der Waals surface area (Å²) in [5, 5.41) is 10.1. The zero-order valence-corrected chi connectivity index (χ0v) is 11.6. The molecule has 1 aromatic heterocycles. The van der Waals surface area contributed by atoms with Crippen molar-refractivity contribution in [2.24, 2.45) is 0 Å². The summed E-state index contributed by atoms with van der Waals surface area (Å²) >= 11 is 0. The molecule has 0 aliphatic carbocycles. The molecule has 3 N–H and O–H groups in total. The fourth-order valence-electron chi connectivity index (χ4n) is 2.27. The molecular weight excluding hydrogens is 256 g/mol. The summed E-state index contributed by atoms with van der Waals surface area (Å²) < 4.78 is 0. The lowest BCUT2D eigenvalue weighted by molar-refractivity contribution is 0.163. The molecule has 0 fully saturated rings. The monoisotopic (exact) mass is 276 g/mol. The van der Waals surface area contributed by atoms with Crippen molar-refractivity contribution in [3.8, 4) is 0 Å². The van der Waals surface area contributed by atoms with Gasteiger partial charge in [0.15, 0.2) is 0 Å². The van der Waals surface area contributed by atoms with Gasteiger partial charge in [-0.05, 0) is 24.1 Å². The molecular formula is C15H20N2O3. The Bertz CT molecular complexity index is 687. The third-order valence-electron chi connectivity index (χ3n) is 3.46. The van der Waals surface area contributed by atoms with E-state index in [9.17, 15) is 14.7 Å². The van der Waals surface area contributed by atoms with E-state index in [1.807, 2.05) is 0 Å². The minimum atomic E-state index is -0.674. The molecule has 0 aliphatic rings. The van der Waals surface area contributed by atoms with Gasteiger partial charge in [0.25, 0.3) is 0 Å². The summed E-state index contributed by atoms with van der Waals surface area (Å²) in [6, 6.07) is 5.20. The average Bonchev–Trinajstić information content (AvgIpc) is 2.44. The van der Waals surface area contributed by atoms with E-state index in [1.54, 1.807) is 18.2 Å². The van der Waals surface area contributed by atoms with Crippen molar-refractivity contribution >= 4 is 11.0 Å². The van der Waals surface area contributed by atoms with Crippen molar-refractivity contribution < 1.29 is 5.11 Å². The van der Waals surface area contributed by atoms with Crippen LogP contribution in [0.2, 0.25) is 0 Å². The highest BCUT2D eigenvalue weighted by molar-refractivity contribution is 5.74. The first kappa shape index (κ1) is 14.5. The number of nitrogens with one attached hydrogen (secondary N) is 2. The normalized spacial score (nSPS) is 12.7. The summed E-state index contributed by atoms with van der Waals surface area (Å²) in [6.45, 7) is 2.15. The maximum atomic E-state index is 11.3. The molecule has 0 aliphatic heterocycles. The first-order valence-corrected chi connectivity index (χ1v) is 7.06. The largest absolute Gasteiger partial charge is 0.388 e. The first-order valence-electron chi connectivity index (χ1n) is 7.06. The fraction of sp³-hybridized carbons (Fsp3) is 0.467. The van der Waals surface area contributed by atoms with E-state index in [-0.39, 0.29) is 0 Å². The molecule has 2 aromatic rings. The number of aromatic nitrogens is 2. The van der Waals surface area contributed by atoms with Gasteiger partial charge in [-0.3, -0.25) is 9.59 Å². The van der Waals surface area contributed by atoms with Crippen molar-refractivity contribution in [1.29, 1.82) is 0 Å². The molecule has 0 saturated heterocycles. The molecule has 1 atom stereocenters. The molecule has 0 radical (unpaired) electrons. The number of unbranched alkanes of at least 4 members (excludes halogenated alkanes) is 3. The van der Waals surface area contributed by atoms with Gasteiger partial charge < -0.3 is 15.1 Å². The Balaban J connectivity index is 2.16. The third kappa shape index (κ3) is 3.36. The van der Waals surface area contributed by atoms with Crippen LogP contribution in [-0.2, 0) is 0 Å². The Morgan fingerprint density at radius 2 is 1.75 bits per heavy atom. The Kier molecular flexibility index (Phi) is 4.74. The summed E-state index contributed by atoms with van der Waals surface area (Å²) in [5.41, 5.74) is 0.533. The van der Waals surface area contributed by atoms with E-state index in [1.165, 1.54) is 12.8 Å². The van der Waals surface area contributed by atoms with Crippen molar-refractivity contribution in [2.45, 2.75) is 45.1 Å². The van der Waals surface area contributed by atoms with Crippen LogP contribution in [0.15, 0.2) is 27.8 Å². The molecule has 1 aromatic carbocycles. The van der Waals surface area contributed by atoms with Crippen molar-refractivity contribution in [3.05, 3.63) is 44.5 Å². The fourth-order valence-corrected chi connectivity index (χ4v) is 2.27. The van der Waals surface area contributed by atoms with E-state index in [4.69, 9.17) is 0 Å². The van der Waals surface area contributed by atoms with Crippen LogP contribution in [0.3, 0.4) is 0 Å². The van der Waals surface area contributed by atoms with Crippen molar-refractivity contribution in [1.82, 2.24) is 9.97 Å². The van der Waals surface area contributed by atoms with Gasteiger partial charge in [0.2, 0.25) is 0 Å². The van der Waals surface area contributed by atoms with E-state index >= 15 is 0 Å². The molecule has 0 spiro atoms. The summed E-state index contributed by atoms with van der Waals surface area (Å²) in [5.74, 6) is 0. The number of fused-ring (bicyclic) bond motifs is 1. The number of H-pyrrole nitrogens is 2. The smallest absolute Gasteiger partial charge is 0.314 e. The molecule has 5 heteroatoms. The number of rotatable bonds is 6. The van der Waals surface area contributed by atoms with Crippen molar-refractivity contribution in [3.63, 3.8) is 0 Å². The summed E-state index contributed by atoms with van der Waals surface area (Å²) in [7, 11) is 0. The maximum Gasteiger partial charge on any atom is 0.314 e. The van der Waals surface area contributed by atoms with E-state index in [0.717, 1.165) is 18.4 Å². The SMILES string of the molecule is CCCCCCC(O)c1ccc2[nH]c(=O)c(=O)[nH]c2c1. The molecule has 20 heavy (non-hydrogen) atoms. The Morgan fingerprint density at radius 3 is 2.45 bits per heavy atom. The van der Waals surface area contributed by atoms with Crippen molar-refractivity contribution in [2.75, 3.05) is 0 Å². The van der Waals surface area contributed by atoms with Gasteiger partial charge in [-0.2, -0.15) is 0 Å². The Labute approximate surface area is 116 Å². The van der Waals surface area contributed by atoms with Gasteiger partial charge in [-0.15, -0.1) is 0 Å². The van der Waals surface area contributed by atoms with E-state index < -0.39 is 17.2 Å². The predicted molar refractivity (Wildman–Crippen MR) is 78.9 cm³/mol. The molecule has 108 valence electrons. The van der Waals surface area contributed by atoms with Crippen LogP contribution in [0, 0.1) is 0 Å². The second-order valence-corrected chi connectivity index (χ2v) is 5.08. The van der Waals surface area contributed by atoms with Crippen LogP contribution in [-0.4, -0.2) is 15.1 Å². The minimum absolute atomic E-state index is 0.535. The molecule has 0 amide bonds. The molecule has 0 bridgehead atoms. The third-order valence-corrected chi connectivity index (χ3v) is 3.46. The number of aliphatic hydroxyl groups is 1. The van der Waals surface area contributed by atoms with Crippen LogP contribution in [0.4, 0.5) is 0 Å². The molecule has 1 heterocycles. The Morgan fingerprint density at radius 1 is 1.05 bits per heavy atom. The maximum absolute atomic E-state index is 11.3. The number of benzene rings is 1. The lowest BCUT2D eigenvalue weighted by Crippen LogP contribution is -2.28.